The standard InChI is InChI=1S/C29H29NO6S/c1-5-36-29(31)26-18-19-27(21-8-12-23(34-3)13-9-21)30(28(26)22-10-14-24(35-4)15-11-22)37(32,33)25-16-6-20(2)7-17-25/h6-19,28H,5H2,1-4H3. The van der Waals surface area contributed by atoms with Crippen molar-refractivity contribution in [2.45, 2.75) is 24.8 Å². The fourth-order valence-corrected chi connectivity index (χ4v) is 5.82. The van der Waals surface area contributed by atoms with E-state index >= 15 is 0 Å². The van der Waals surface area contributed by atoms with E-state index in [0.29, 0.717) is 28.3 Å². The van der Waals surface area contributed by atoms with Crippen LogP contribution in [-0.4, -0.2) is 39.5 Å². The number of carbonyl (C=O) groups excluding carboxylic acids is 1. The Bertz CT molecular complexity index is 1420. The minimum atomic E-state index is -4.13. The van der Waals surface area contributed by atoms with Crippen LogP contribution in [0.4, 0.5) is 0 Å². The Balaban J connectivity index is 1.97. The van der Waals surface area contributed by atoms with Crippen molar-refractivity contribution in [2.75, 3.05) is 20.8 Å². The molecule has 0 N–H and O–H groups in total. The third-order valence-corrected chi connectivity index (χ3v) is 7.89. The maximum Gasteiger partial charge on any atom is 0.336 e. The van der Waals surface area contributed by atoms with Gasteiger partial charge in [0.2, 0.25) is 0 Å². The molecule has 0 amide bonds. The molecule has 0 aromatic heterocycles. The lowest BCUT2D eigenvalue weighted by Crippen LogP contribution is -2.38. The average molecular weight is 520 g/mol. The number of hydrogen-bond acceptors (Lipinski definition) is 6. The lowest BCUT2D eigenvalue weighted by atomic mass is 9.93. The van der Waals surface area contributed by atoms with Gasteiger partial charge in [-0.15, -0.1) is 0 Å². The van der Waals surface area contributed by atoms with Gasteiger partial charge in [0.1, 0.15) is 17.5 Å². The summed E-state index contributed by atoms with van der Waals surface area (Å²) in [6.07, 6.45) is 3.27. The number of hydrogen-bond donors (Lipinski definition) is 0. The summed E-state index contributed by atoms with van der Waals surface area (Å²) < 4.78 is 45.8. The maximum atomic E-state index is 14.3. The summed E-state index contributed by atoms with van der Waals surface area (Å²) in [6, 6.07) is 19.8. The minimum absolute atomic E-state index is 0.112. The molecule has 0 spiro atoms. The lowest BCUT2D eigenvalue weighted by Gasteiger charge is -2.38. The number of aryl methyl sites for hydroxylation is 1. The molecule has 37 heavy (non-hydrogen) atoms. The van der Waals surface area contributed by atoms with Gasteiger partial charge in [-0.25, -0.2) is 13.2 Å². The first-order valence-corrected chi connectivity index (χ1v) is 13.2. The Hall–Kier alpha value is -4.04. The number of esters is 1. The number of carbonyl (C=O) groups is 1. The summed E-state index contributed by atoms with van der Waals surface area (Å²) >= 11 is 0. The number of methoxy groups -OCH3 is 2. The van der Waals surface area contributed by atoms with Gasteiger partial charge in [0.25, 0.3) is 10.0 Å². The van der Waals surface area contributed by atoms with E-state index in [2.05, 4.69) is 0 Å². The van der Waals surface area contributed by atoms with Gasteiger partial charge < -0.3 is 14.2 Å². The van der Waals surface area contributed by atoms with Gasteiger partial charge in [-0.2, -0.15) is 0 Å². The summed E-state index contributed by atoms with van der Waals surface area (Å²) in [5.74, 6) is 0.667. The first kappa shape index (κ1) is 26.0. The molecule has 3 aromatic rings. The van der Waals surface area contributed by atoms with Crippen LogP contribution in [0.25, 0.3) is 5.70 Å². The topological polar surface area (TPSA) is 82.1 Å². The monoisotopic (exact) mass is 519 g/mol. The van der Waals surface area contributed by atoms with Crippen molar-refractivity contribution >= 4 is 21.7 Å². The van der Waals surface area contributed by atoms with Crippen LogP contribution < -0.4 is 9.47 Å². The Morgan fingerprint density at radius 2 is 1.41 bits per heavy atom. The molecule has 1 unspecified atom stereocenters. The van der Waals surface area contributed by atoms with Crippen LogP contribution >= 0.6 is 0 Å². The summed E-state index contributed by atoms with van der Waals surface area (Å²) in [5, 5.41) is 0. The molecule has 0 bridgehead atoms. The molecular formula is C29H29NO6S. The fourth-order valence-electron chi connectivity index (χ4n) is 4.17. The number of rotatable bonds is 8. The van der Waals surface area contributed by atoms with E-state index in [1.54, 1.807) is 106 Å². The summed E-state index contributed by atoms with van der Waals surface area (Å²) in [6.45, 7) is 3.76. The van der Waals surface area contributed by atoms with Crippen molar-refractivity contribution < 1.29 is 27.4 Å². The highest BCUT2D eigenvalue weighted by atomic mass is 32.2. The molecule has 0 saturated heterocycles. The third kappa shape index (κ3) is 5.24. The molecule has 192 valence electrons. The van der Waals surface area contributed by atoms with Gasteiger partial charge in [0.05, 0.1) is 37.0 Å². The average Bonchev–Trinajstić information content (AvgIpc) is 2.92. The van der Waals surface area contributed by atoms with Crippen molar-refractivity contribution in [3.63, 3.8) is 0 Å². The van der Waals surface area contributed by atoms with Crippen LogP contribution in [0.1, 0.15) is 29.7 Å². The van der Waals surface area contributed by atoms with Gasteiger partial charge in [-0.1, -0.05) is 29.8 Å². The van der Waals surface area contributed by atoms with Crippen molar-refractivity contribution in [2.24, 2.45) is 0 Å². The molecule has 3 aromatic carbocycles. The van der Waals surface area contributed by atoms with Crippen molar-refractivity contribution in [1.82, 2.24) is 4.31 Å². The highest BCUT2D eigenvalue weighted by Gasteiger charge is 2.41. The minimum Gasteiger partial charge on any atom is -0.497 e. The summed E-state index contributed by atoms with van der Waals surface area (Å²) in [7, 11) is -1.01. The first-order chi connectivity index (χ1) is 17.8. The SMILES string of the molecule is CCOC(=O)C1=CC=C(c2ccc(OC)cc2)N(S(=O)(=O)c2ccc(C)cc2)C1c1ccc(OC)cc1. The zero-order valence-corrected chi connectivity index (χ0v) is 22.0. The van der Waals surface area contributed by atoms with Gasteiger partial charge in [0, 0.05) is 0 Å². The molecule has 0 fully saturated rings. The molecule has 1 aliphatic heterocycles. The van der Waals surface area contributed by atoms with E-state index in [4.69, 9.17) is 14.2 Å². The van der Waals surface area contributed by atoms with Gasteiger partial charge in [0.15, 0.2) is 0 Å². The number of allylic oxidation sites excluding steroid dienone is 2. The smallest absolute Gasteiger partial charge is 0.336 e. The zero-order chi connectivity index (χ0) is 26.6. The van der Waals surface area contributed by atoms with Gasteiger partial charge in [-0.3, -0.25) is 4.31 Å². The Kier molecular flexibility index (Phi) is 7.69. The molecule has 1 heterocycles. The fraction of sp³-hybridized carbons (Fsp3) is 0.207. The van der Waals surface area contributed by atoms with Gasteiger partial charge in [-0.05, 0) is 85.7 Å². The second-order valence-corrected chi connectivity index (χ2v) is 10.2. The largest absolute Gasteiger partial charge is 0.497 e. The molecule has 0 aliphatic carbocycles. The predicted molar refractivity (Wildman–Crippen MR) is 142 cm³/mol. The Morgan fingerprint density at radius 3 is 1.95 bits per heavy atom. The van der Waals surface area contributed by atoms with E-state index in [9.17, 15) is 13.2 Å². The molecule has 8 heteroatoms. The number of nitrogens with zero attached hydrogens (tertiary/aromatic N) is 1. The Labute approximate surface area is 217 Å². The van der Waals surface area contributed by atoms with Crippen molar-refractivity contribution in [3.05, 3.63) is 107 Å². The molecular weight excluding hydrogens is 490 g/mol. The molecule has 7 nitrogen and oxygen atoms in total. The normalized spacial score (nSPS) is 15.5. The van der Waals surface area contributed by atoms with Crippen molar-refractivity contribution in [3.8, 4) is 11.5 Å². The summed E-state index contributed by atoms with van der Waals surface area (Å²) in [4.78, 5) is 13.2. The second-order valence-electron chi connectivity index (χ2n) is 8.41. The first-order valence-electron chi connectivity index (χ1n) is 11.8. The lowest BCUT2D eigenvalue weighted by molar-refractivity contribution is -0.139. The molecule has 0 saturated carbocycles. The third-order valence-electron chi connectivity index (χ3n) is 6.09. The van der Waals surface area contributed by atoms with Crippen LogP contribution in [0.15, 0.2) is 95.4 Å². The van der Waals surface area contributed by atoms with E-state index in [-0.39, 0.29) is 17.1 Å². The Morgan fingerprint density at radius 1 is 0.838 bits per heavy atom. The molecule has 0 radical (unpaired) electrons. The van der Waals surface area contributed by atoms with Crippen LogP contribution in [0.3, 0.4) is 0 Å². The van der Waals surface area contributed by atoms with E-state index < -0.39 is 22.0 Å². The van der Waals surface area contributed by atoms with E-state index in [1.807, 2.05) is 6.92 Å². The molecule has 4 rings (SSSR count). The molecule has 1 aliphatic rings. The van der Waals surface area contributed by atoms with E-state index in [0.717, 1.165) is 5.56 Å². The highest BCUT2D eigenvalue weighted by molar-refractivity contribution is 7.89. The molecule has 1 atom stereocenters. The summed E-state index contributed by atoms with van der Waals surface area (Å²) in [5.41, 5.74) is 2.79. The predicted octanol–water partition coefficient (Wildman–Crippen LogP) is 5.29. The van der Waals surface area contributed by atoms with Crippen LogP contribution in [0.2, 0.25) is 0 Å². The van der Waals surface area contributed by atoms with Gasteiger partial charge >= 0.3 is 5.97 Å². The maximum absolute atomic E-state index is 14.3. The van der Waals surface area contributed by atoms with Crippen molar-refractivity contribution in [1.29, 1.82) is 0 Å². The van der Waals surface area contributed by atoms with Crippen LogP contribution in [-0.2, 0) is 19.6 Å². The number of sulfonamides is 1. The van der Waals surface area contributed by atoms with Crippen LogP contribution in [0.5, 0.6) is 11.5 Å². The number of benzene rings is 3. The van der Waals surface area contributed by atoms with E-state index in [1.165, 1.54) is 4.31 Å². The number of ether oxygens (including phenoxy) is 3. The zero-order valence-electron chi connectivity index (χ0n) is 21.2. The van der Waals surface area contributed by atoms with Crippen LogP contribution in [0, 0.1) is 6.92 Å². The second kappa shape index (κ2) is 10.9. The quantitative estimate of drug-likeness (QED) is 0.376. The highest BCUT2D eigenvalue weighted by Crippen LogP contribution is 2.43.